The second kappa shape index (κ2) is 18.8. The molecule has 0 spiro atoms. The molecule has 0 saturated heterocycles. The zero-order valence-corrected chi connectivity index (χ0v) is 33.4. The number of aryl methyl sites for hydroxylation is 2. The number of hydrogen-bond donors (Lipinski definition) is 5. The number of ether oxygens (including phenoxy) is 1. The maximum absolute atomic E-state index is 12.3. The number of carboxylic acids is 1. The number of carbonyl (C=O) groups excluding carboxylic acids is 3. The van der Waals surface area contributed by atoms with Gasteiger partial charge in [-0.15, -0.1) is 17.0 Å². The Hall–Kier alpha value is -6.38. The van der Waals surface area contributed by atoms with Crippen molar-refractivity contribution in [3.05, 3.63) is 166 Å². The van der Waals surface area contributed by atoms with Crippen LogP contribution in [-0.2, 0) is 26.3 Å². The molecule has 14 heteroatoms. The molecule has 6 aromatic rings. The summed E-state index contributed by atoms with van der Waals surface area (Å²) < 4.78 is 5.33. The summed E-state index contributed by atoms with van der Waals surface area (Å²) in [5.41, 5.74) is 9.88. The quantitative estimate of drug-likeness (QED) is 0.0601. The van der Waals surface area contributed by atoms with Gasteiger partial charge in [-0.2, -0.15) is 0 Å². The van der Waals surface area contributed by atoms with Crippen LogP contribution in [0.15, 0.2) is 110 Å². The van der Waals surface area contributed by atoms with E-state index in [2.05, 4.69) is 46.5 Å². The Kier molecular flexibility index (Phi) is 13.7. The van der Waals surface area contributed by atoms with Gasteiger partial charge in [-0.05, 0) is 96.8 Å². The zero-order chi connectivity index (χ0) is 38.9. The van der Waals surface area contributed by atoms with Gasteiger partial charge in [-0.1, -0.05) is 52.3 Å². The van der Waals surface area contributed by atoms with Crippen molar-refractivity contribution < 1.29 is 29.0 Å². The van der Waals surface area contributed by atoms with Crippen molar-refractivity contribution in [3.8, 4) is 0 Å². The smallest absolute Gasteiger partial charge is 0.355 e. The number of H-pyrrole nitrogens is 2. The number of nitrogens with one attached hydrogen (secondary N) is 4. The maximum atomic E-state index is 12.3. The van der Waals surface area contributed by atoms with Crippen molar-refractivity contribution >= 4 is 91.3 Å². The maximum Gasteiger partial charge on any atom is 0.355 e. The Morgan fingerprint density at radius 3 is 1.59 bits per heavy atom. The predicted octanol–water partition coefficient (Wildman–Crippen LogP) is 8.64. The summed E-state index contributed by atoms with van der Waals surface area (Å²) in [4.78, 5) is 61.1. The van der Waals surface area contributed by atoms with Crippen molar-refractivity contribution in [3.63, 3.8) is 0 Å². The van der Waals surface area contributed by atoms with Gasteiger partial charge in [0.05, 0.1) is 11.1 Å². The number of esters is 1. The number of para-hydroxylation sites is 2. The fourth-order valence-corrected chi connectivity index (χ4v) is 6.08. The second-order valence-electron chi connectivity index (χ2n) is 12.4. The first-order valence-electron chi connectivity index (χ1n) is 17.0. The van der Waals surface area contributed by atoms with Gasteiger partial charge in [0, 0.05) is 64.0 Å². The molecule has 0 aliphatic carbocycles. The summed E-state index contributed by atoms with van der Waals surface area (Å²) in [7, 11) is 0. The van der Waals surface area contributed by atoms with E-state index in [9.17, 15) is 19.2 Å². The van der Waals surface area contributed by atoms with Gasteiger partial charge in [-0.25, -0.2) is 9.59 Å². The second-order valence-corrected chi connectivity index (χ2v) is 13.0. The molecular formula is C42H36Br2N6O6. The molecule has 0 unspecified atom stereocenters. The van der Waals surface area contributed by atoms with E-state index in [-0.39, 0.29) is 41.1 Å². The van der Waals surface area contributed by atoms with Crippen LogP contribution in [0.3, 0.4) is 0 Å². The van der Waals surface area contributed by atoms with Crippen molar-refractivity contribution in [1.29, 1.82) is 0 Å². The van der Waals surface area contributed by atoms with Crippen molar-refractivity contribution in [1.82, 2.24) is 19.9 Å². The van der Waals surface area contributed by atoms with E-state index in [0.717, 1.165) is 44.5 Å². The average Bonchev–Trinajstić information content (AvgIpc) is 3.95. The summed E-state index contributed by atoms with van der Waals surface area (Å²) in [6.07, 6.45) is 10.3. The number of aromatic nitrogens is 4. The molecule has 0 bridgehead atoms. The summed E-state index contributed by atoms with van der Waals surface area (Å²) in [5, 5.41) is 15.5. The van der Waals surface area contributed by atoms with Gasteiger partial charge < -0.3 is 30.4 Å². The monoisotopic (exact) mass is 878 g/mol. The molecule has 8 rings (SSSR count). The van der Waals surface area contributed by atoms with Crippen LogP contribution >= 0.6 is 32.9 Å². The molecule has 0 radical (unpaired) electrons. The van der Waals surface area contributed by atoms with Gasteiger partial charge in [0.15, 0.2) is 0 Å². The van der Waals surface area contributed by atoms with Gasteiger partial charge >= 0.3 is 11.9 Å². The number of benzene rings is 2. The van der Waals surface area contributed by atoms with Gasteiger partial charge in [0.2, 0.25) is 0 Å². The number of rotatable bonds is 7. The van der Waals surface area contributed by atoms with E-state index < -0.39 is 11.9 Å². The highest BCUT2D eigenvalue weighted by atomic mass is 79.9. The third-order valence-electron chi connectivity index (χ3n) is 8.58. The lowest BCUT2D eigenvalue weighted by Crippen LogP contribution is -2.06. The van der Waals surface area contributed by atoms with Crippen molar-refractivity contribution in [2.45, 2.75) is 25.8 Å². The number of anilines is 2. The SMILES string of the molecule is Br.BrCc1ccncc1.Cc1cc(C(=O)O)[nH]c1/C=C1\C(=O)Nc2ccccc21.Cc1cc(C(=O)OCc2ccncc2)[nH]c1/C=C1\C(=O)Nc2ccccc21. The number of carboxylic acid groups (broad SMARTS) is 1. The van der Waals surface area contributed by atoms with E-state index in [4.69, 9.17) is 9.84 Å². The number of amides is 2. The largest absolute Gasteiger partial charge is 0.477 e. The Bertz CT molecular complexity index is 2440. The first-order valence-corrected chi connectivity index (χ1v) is 18.1. The van der Waals surface area contributed by atoms with Crippen LogP contribution in [-0.4, -0.2) is 48.8 Å². The highest BCUT2D eigenvalue weighted by molar-refractivity contribution is 9.08. The number of hydrogen-bond acceptors (Lipinski definition) is 7. The van der Waals surface area contributed by atoms with Crippen LogP contribution in [0, 0.1) is 13.8 Å². The molecule has 2 aliphatic rings. The molecule has 56 heavy (non-hydrogen) atoms. The average molecular weight is 881 g/mol. The Morgan fingerprint density at radius 1 is 0.696 bits per heavy atom. The molecule has 6 heterocycles. The minimum atomic E-state index is -1.02. The molecular weight excluding hydrogens is 844 g/mol. The lowest BCUT2D eigenvalue weighted by Gasteiger charge is -2.03. The minimum absolute atomic E-state index is 0. The predicted molar refractivity (Wildman–Crippen MR) is 224 cm³/mol. The fourth-order valence-electron chi connectivity index (χ4n) is 5.70. The minimum Gasteiger partial charge on any atom is -0.477 e. The normalized spacial score (nSPS) is 13.6. The van der Waals surface area contributed by atoms with Crippen LogP contribution in [0.4, 0.5) is 11.4 Å². The van der Waals surface area contributed by atoms with Crippen molar-refractivity contribution in [2.75, 3.05) is 10.6 Å². The molecule has 0 saturated carbocycles. The molecule has 2 aromatic carbocycles. The molecule has 12 nitrogen and oxygen atoms in total. The van der Waals surface area contributed by atoms with Crippen LogP contribution in [0.25, 0.3) is 23.3 Å². The van der Waals surface area contributed by atoms with Crippen LogP contribution < -0.4 is 10.6 Å². The lowest BCUT2D eigenvalue weighted by molar-refractivity contribution is -0.111. The lowest BCUT2D eigenvalue weighted by atomic mass is 10.1. The molecule has 4 aromatic heterocycles. The van der Waals surface area contributed by atoms with Gasteiger partial charge in [0.1, 0.15) is 18.0 Å². The number of alkyl halides is 1. The molecule has 0 atom stereocenters. The van der Waals surface area contributed by atoms with Gasteiger partial charge in [-0.3, -0.25) is 19.6 Å². The van der Waals surface area contributed by atoms with Crippen molar-refractivity contribution in [2.24, 2.45) is 0 Å². The van der Waals surface area contributed by atoms with E-state index >= 15 is 0 Å². The summed E-state index contributed by atoms with van der Waals surface area (Å²) in [6, 6.07) is 25.7. The number of halogens is 2. The van der Waals surface area contributed by atoms with E-state index in [0.29, 0.717) is 28.2 Å². The van der Waals surface area contributed by atoms with Gasteiger partial charge in [0.25, 0.3) is 11.8 Å². The third kappa shape index (κ3) is 9.83. The number of aromatic amines is 2. The number of carbonyl (C=O) groups is 4. The summed E-state index contributed by atoms with van der Waals surface area (Å²) in [6.45, 7) is 3.85. The molecule has 2 aliphatic heterocycles. The molecule has 284 valence electrons. The zero-order valence-electron chi connectivity index (χ0n) is 30.1. The first kappa shape index (κ1) is 40.8. The standard InChI is InChI=1S/C21H17N3O3.C15H12N2O3.C6H6BrN.BrH/c1-13-10-19(21(26)27-12-14-6-8-22-9-7-14)23-18(13)11-16-15-4-2-3-5-17(15)24-20(16)25;1-8-6-13(15(19)20)16-12(8)7-10-9-4-2-3-5-11(9)17-14(10)18;7-5-6-1-3-8-4-2-6;/h2-11,23H,12H2,1H3,(H,24,25);2-7,16H,1H3,(H,17,18)(H,19,20);1-4H,5H2;1H/b16-11-;10-7-;;. The van der Waals surface area contributed by atoms with E-state index in [1.807, 2.05) is 67.6 Å². The Morgan fingerprint density at radius 2 is 1.14 bits per heavy atom. The van der Waals surface area contributed by atoms with E-state index in [1.54, 1.807) is 68.1 Å². The van der Waals surface area contributed by atoms with Crippen LogP contribution in [0.2, 0.25) is 0 Å². The van der Waals surface area contributed by atoms with Crippen LogP contribution in [0.5, 0.6) is 0 Å². The number of nitrogens with zero attached hydrogens (tertiary/aromatic N) is 2. The highest BCUT2D eigenvalue weighted by Crippen LogP contribution is 2.34. The Labute approximate surface area is 341 Å². The first-order chi connectivity index (χ1) is 26.6. The molecule has 2 amide bonds. The number of aromatic carboxylic acids is 1. The molecule has 5 N–H and O–H groups in total. The Balaban J connectivity index is 0.000000181. The fraction of sp³-hybridized carbons (Fsp3) is 0.0952. The number of fused-ring (bicyclic) bond motifs is 2. The summed E-state index contributed by atoms with van der Waals surface area (Å²) in [5.74, 6) is -1.81. The topological polar surface area (TPSA) is 179 Å². The highest BCUT2D eigenvalue weighted by Gasteiger charge is 2.25. The number of pyridine rings is 2. The van der Waals surface area contributed by atoms with E-state index in [1.165, 1.54) is 5.56 Å². The van der Waals surface area contributed by atoms with Crippen LogP contribution in [0.1, 0.15) is 65.7 Å². The third-order valence-corrected chi connectivity index (χ3v) is 9.23. The summed E-state index contributed by atoms with van der Waals surface area (Å²) >= 11 is 3.33. The molecule has 0 fully saturated rings.